The molecule has 0 aliphatic heterocycles. The number of para-hydroxylation sites is 1. The third kappa shape index (κ3) is 18.1. The fraction of sp³-hybridized carbons (Fsp3) is 0.300. The standard InChI is InChI=1S/C10H12O.2ClH.F6P.Ru/c1-8(2)11-10-7-5-4-6-9(10)3;;;1-7(2,3,4,5)6;/h3-8H,1-2H3;2*1H;;/q;;;-1;/p-2. The fourth-order valence-corrected chi connectivity index (χ4v) is 2.82. The van der Waals surface area contributed by atoms with Crippen molar-refractivity contribution in [2.75, 3.05) is 0 Å². The van der Waals surface area contributed by atoms with E-state index in [0.717, 1.165) is 11.3 Å². The van der Waals surface area contributed by atoms with Crippen LogP contribution in [0.1, 0.15) is 19.4 Å². The molecule has 11 heteroatoms. The molecule has 130 valence electrons. The van der Waals surface area contributed by atoms with Gasteiger partial charge >= 0.3 is 131 Å². The monoisotopic (exact) mass is 465 g/mol. The molecule has 0 saturated heterocycles. The predicted octanol–water partition coefficient (Wildman–Crippen LogP) is 6.93. The van der Waals surface area contributed by atoms with Gasteiger partial charge in [0.1, 0.15) is 0 Å². The zero-order valence-electron chi connectivity index (χ0n) is 10.7. The second-order valence-corrected chi connectivity index (χ2v) is 11.6. The van der Waals surface area contributed by atoms with E-state index < -0.39 is 21.3 Å². The van der Waals surface area contributed by atoms with Gasteiger partial charge in [0.25, 0.3) is 0 Å². The second-order valence-electron chi connectivity index (χ2n) is 3.97. The zero-order chi connectivity index (χ0) is 17.0. The van der Waals surface area contributed by atoms with Gasteiger partial charge in [0.15, 0.2) is 0 Å². The number of hydrogen-bond acceptors (Lipinski definition) is 1. The molecule has 1 aromatic carbocycles. The van der Waals surface area contributed by atoms with Gasteiger partial charge in [0.2, 0.25) is 0 Å². The summed E-state index contributed by atoms with van der Waals surface area (Å²) in [5.74, 6) is 0.850. The van der Waals surface area contributed by atoms with E-state index in [-0.39, 0.29) is 6.10 Å². The Morgan fingerprint density at radius 2 is 1.48 bits per heavy atom. The summed E-state index contributed by atoms with van der Waals surface area (Å²) in [6.45, 7) is 3.99. The van der Waals surface area contributed by atoms with Crippen molar-refractivity contribution in [1.29, 1.82) is 0 Å². The van der Waals surface area contributed by atoms with Gasteiger partial charge in [0.05, 0.1) is 0 Å². The molecule has 0 heterocycles. The van der Waals surface area contributed by atoms with Crippen LogP contribution in [0.2, 0.25) is 0 Å². The van der Waals surface area contributed by atoms with E-state index in [4.69, 9.17) is 24.1 Å². The third-order valence-electron chi connectivity index (χ3n) is 1.47. The van der Waals surface area contributed by atoms with Crippen molar-refractivity contribution in [3.63, 3.8) is 0 Å². The molecule has 0 aliphatic rings. The summed E-state index contributed by atoms with van der Waals surface area (Å²) in [5.41, 5.74) is 0.991. The maximum absolute atomic E-state index is 10.7. The van der Waals surface area contributed by atoms with E-state index in [1.54, 1.807) is 0 Å². The molecule has 0 fully saturated rings. The van der Waals surface area contributed by atoms with Crippen molar-refractivity contribution in [1.82, 2.24) is 0 Å². The molecule has 0 atom stereocenters. The predicted molar refractivity (Wildman–Crippen MR) is 72.6 cm³/mol. The summed E-state index contributed by atoms with van der Waals surface area (Å²) >= 11 is -1.77. The first-order valence-electron chi connectivity index (χ1n) is 5.20. The Hall–Kier alpha value is 0.103. The molecule has 1 aromatic rings. The quantitative estimate of drug-likeness (QED) is 0.267. The second kappa shape index (κ2) is 6.69. The molecule has 21 heavy (non-hydrogen) atoms. The Kier molecular flexibility index (Phi) is 6.73. The topological polar surface area (TPSA) is 9.23 Å². The Morgan fingerprint density at radius 3 is 1.86 bits per heavy atom. The van der Waals surface area contributed by atoms with Crippen LogP contribution in [-0.2, 0) is 13.5 Å². The van der Waals surface area contributed by atoms with E-state index in [0.29, 0.717) is 0 Å². The SMILES string of the molecule is CC(C)Oc1ccccc1[CH]=[Ru-2]([Cl])[Cl].F[P-](F)(F)(F)(F)F. The molecule has 0 N–H and O–H groups in total. The van der Waals surface area contributed by atoms with Crippen LogP contribution in [0.4, 0.5) is 25.2 Å². The van der Waals surface area contributed by atoms with Crippen LogP contribution in [0.25, 0.3) is 0 Å². The molecule has 0 amide bonds. The third-order valence-corrected chi connectivity index (χ3v) is 3.30. The molecule has 1 rings (SSSR count). The number of ether oxygens (including phenoxy) is 1. The normalized spacial score (nSPS) is 15.3. The van der Waals surface area contributed by atoms with E-state index in [1.165, 1.54) is 0 Å². The Labute approximate surface area is 130 Å². The average Bonchev–Trinajstić information content (AvgIpc) is 2.14. The van der Waals surface area contributed by atoms with Crippen molar-refractivity contribution in [3.05, 3.63) is 29.8 Å². The van der Waals surface area contributed by atoms with E-state index >= 15 is 0 Å². The van der Waals surface area contributed by atoms with Gasteiger partial charge in [-0.25, -0.2) is 0 Å². The van der Waals surface area contributed by atoms with Gasteiger partial charge in [-0.15, -0.1) is 0 Å². The van der Waals surface area contributed by atoms with E-state index in [1.807, 2.05) is 42.7 Å². The number of halogens is 8. The Bertz CT molecular complexity index is 502. The number of hydrogen-bond donors (Lipinski definition) is 0. The molecule has 0 bridgehead atoms. The minimum atomic E-state index is -10.7. The maximum atomic E-state index is 9.87. The molecule has 0 radical (unpaired) electrons. The van der Waals surface area contributed by atoms with Gasteiger partial charge < -0.3 is 0 Å². The number of benzene rings is 1. The van der Waals surface area contributed by atoms with Gasteiger partial charge in [0, 0.05) is 0 Å². The molecule has 0 aromatic heterocycles. The van der Waals surface area contributed by atoms with Gasteiger partial charge in [-0.1, -0.05) is 0 Å². The molecule has 1 nitrogen and oxygen atoms in total. The molecule has 0 spiro atoms. The molecule has 0 unspecified atom stereocenters. The molecule has 0 aliphatic carbocycles. The summed E-state index contributed by atoms with van der Waals surface area (Å²) < 4.78 is 66.7. The van der Waals surface area contributed by atoms with Crippen LogP contribution in [0.3, 0.4) is 0 Å². The first kappa shape index (κ1) is 21.1. The Balaban J connectivity index is 0.000000486. The van der Waals surface area contributed by atoms with Crippen molar-refractivity contribution >= 4 is 31.8 Å². The van der Waals surface area contributed by atoms with Crippen LogP contribution < -0.4 is 4.74 Å². The average molecular weight is 465 g/mol. The van der Waals surface area contributed by atoms with Crippen LogP contribution in [-0.4, -0.2) is 10.7 Å². The van der Waals surface area contributed by atoms with Crippen LogP contribution in [0.15, 0.2) is 24.3 Å². The summed E-state index contributed by atoms with van der Waals surface area (Å²) in [7, 11) is 0.980. The Morgan fingerprint density at radius 1 is 1.05 bits per heavy atom. The van der Waals surface area contributed by atoms with Crippen molar-refractivity contribution in [2.45, 2.75) is 20.0 Å². The fourth-order valence-electron chi connectivity index (χ4n) is 1.01. The summed E-state index contributed by atoms with van der Waals surface area (Å²) in [4.78, 5) is 0. The van der Waals surface area contributed by atoms with Crippen molar-refractivity contribution in [3.8, 4) is 5.75 Å². The van der Waals surface area contributed by atoms with Crippen LogP contribution >= 0.6 is 27.2 Å². The van der Waals surface area contributed by atoms with Crippen LogP contribution in [0, 0.1) is 0 Å². The zero-order valence-corrected chi connectivity index (χ0v) is 14.8. The first-order valence-corrected chi connectivity index (χ1v) is 12.7. The minimum absolute atomic E-state index is 0.163. The van der Waals surface area contributed by atoms with E-state index in [2.05, 4.69) is 0 Å². The van der Waals surface area contributed by atoms with Gasteiger partial charge in [-0.2, -0.15) is 0 Å². The summed E-state index contributed by atoms with van der Waals surface area (Å²) in [6.07, 6.45) is 0.163. The summed E-state index contributed by atoms with van der Waals surface area (Å²) in [6, 6.07) is 7.78. The first-order chi connectivity index (χ1) is 9.04. The van der Waals surface area contributed by atoms with Crippen molar-refractivity contribution < 1.29 is 43.4 Å². The van der Waals surface area contributed by atoms with E-state index in [9.17, 15) is 25.2 Å². The number of rotatable bonds is 3. The molecular formula is C10H12Cl2F6OPRu-3. The van der Waals surface area contributed by atoms with Crippen molar-refractivity contribution in [2.24, 2.45) is 0 Å². The van der Waals surface area contributed by atoms with Gasteiger partial charge in [-0.05, 0) is 0 Å². The molecule has 0 saturated carbocycles. The van der Waals surface area contributed by atoms with Crippen LogP contribution in [0.5, 0.6) is 5.75 Å². The molecular weight excluding hydrogens is 453 g/mol. The summed E-state index contributed by atoms with van der Waals surface area (Å²) in [5, 5.41) is 0. The van der Waals surface area contributed by atoms with Gasteiger partial charge in [-0.3, -0.25) is 0 Å².